The summed E-state index contributed by atoms with van der Waals surface area (Å²) in [5.41, 5.74) is 2.67. The molecule has 0 fully saturated rings. The molecule has 3 aromatic rings. The molecule has 1 unspecified atom stereocenters. The first-order chi connectivity index (χ1) is 12.2. The van der Waals surface area contributed by atoms with Crippen LogP contribution in [0.3, 0.4) is 0 Å². The van der Waals surface area contributed by atoms with Gasteiger partial charge in [-0.3, -0.25) is 4.79 Å². The van der Waals surface area contributed by atoms with Gasteiger partial charge in [0.2, 0.25) is 0 Å². The molecule has 3 rings (SSSR count). The van der Waals surface area contributed by atoms with Crippen LogP contribution in [0, 0.1) is 11.3 Å². The smallest absolute Gasteiger partial charge is 0.251 e. The zero-order valence-corrected chi connectivity index (χ0v) is 14.2. The molecular formula is C20H16N2O2S. The second kappa shape index (κ2) is 7.75. The van der Waals surface area contributed by atoms with Gasteiger partial charge in [0, 0.05) is 17.0 Å². The van der Waals surface area contributed by atoms with Crippen molar-refractivity contribution >= 4 is 17.2 Å². The van der Waals surface area contributed by atoms with E-state index in [4.69, 9.17) is 5.26 Å². The van der Waals surface area contributed by atoms with Crippen LogP contribution in [0.25, 0.3) is 10.4 Å². The number of benzene rings is 2. The molecule has 2 N–H and O–H groups in total. The minimum Gasteiger partial charge on any atom is -0.387 e. The number of rotatable bonds is 5. The molecule has 0 aliphatic carbocycles. The molecule has 0 bridgehead atoms. The molecule has 124 valence electrons. The maximum absolute atomic E-state index is 12.1. The number of aliphatic hydroxyl groups is 1. The molecule has 0 saturated heterocycles. The first kappa shape index (κ1) is 16.9. The second-order valence-electron chi connectivity index (χ2n) is 5.52. The largest absolute Gasteiger partial charge is 0.387 e. The fraction of sp³-hybridized carbons (Fsp3) is 0.100. The van der Waals surface area contributed by atoms with Crippen molar-refractivity contribution < 1.29 is 9.90 Å². The molecule has 0 saturated carbocycles. The molecule has 1 atom stereocenters. The molecule has 5 heteroatoms. The number of nitrogens with one attached hydrogen (secondary N) is 1. The number of thiophene rings is 1. The molecule has 1 heterocycles. The maximum atomic E-state index is 12.1. The lowest BCUT2D eigenvalue weighted by Crippen LogP contribution is -2.28. The van der Waals surface area contributed by atoms with Crippen LogP contribution in [0.2, 0.25) is 0 Å². The zero-order chi connectivity index (χ0) is 17.6. The van der Waals surface area contributed by atoms with E-state index in [1.165, 1.54) is 10.9 Å². The minimum absolute atomic E-state index is 0.105. The van der Waals surface area contributed by atoms with Gasteiger partial charge in [-0.2, -0.15) is 5.26 Å². The molecule has 0 aliphatic rings. The second-order valence-corrected chi connectivity index (χ2v) is 6.47. The van der Waals surface area contributed by atoms with Crippen LogP contribution in [0.5, 0.6) is 0 Å². The SMILES string of the molecule is N#Cc1cccc(C(=O)NCC(O)c2ccc(-c3cccs3)cc2)c1. The van der Waals surface area contributed by atoms with Crippen LogP contribution < -0.4 is 5.32 Å². The average molecular weight is 348 g/mol. The Morgan fingerprint density at radius 2 is 1.96 bits per heavy atom. The summed E-state index contributed by atoms with van der Waals surface area (Å²) in [6.07, 6.45) is -0.791. The van der Waals surface area contributed by atoms with E-state index in [2.05, 4.69) is 5.32 Å². The van der Waals surface area contributed by atoms with Gasteiger partial charge in [0.15, 0.2) is 0 Å². The summed E-state index contributed by atoms with van der Waals surface area (Å²) < 4.78 is 0. The quantitative estimate of drug-likeness (QED) is 0.737. The third kappa shape index (κ3) is 4.13. The number of aliphatic hydroxyl groups excluding tert-OH is 1. The Kier molecular flexibility index (Phi) is 5.24. The standard InChI is InChI=1S/C20H16N2O2S/c21-12-14-3-1-4-17(11-14)20(24)22-13-18(23)15-6-8-16(9-7-15)19-5-2-10-25-19/h1-11,18,23H,13H2,(H,22,24). The molecule has 25 heavy (non-hydrogen) atoms. The topological polar surface area (TPSA) is 73.1 Å². The number of carbonyl (C=O) groups excluding carboxylic acids is 1. The van der Waals surface area contributed by atoms with Crippen LogP contribution in [0.15, 0.2) is 66.0 Å². The molecule has 2 aromatic carbocycles. The van der Waals surface area contributed by atoms with Gasteiger partial charge < -0.3 is 10.4 Å². The Hall–Kier alpha value is -2.94. The molecule has 1 aromatic heterocycles. The van der Waals surface area contributed by atoms with E-state index >= 15 is 0 Å². The van der Waals surface area contributed by atoms with Crippen molar-refractivity contribution in [3.63, 3.8) is 0 Å². The normalized spacial score (nSPS) is 11.5. The van der Waals surface area contributed by atoms with E-state index in [9.17, 15) is 9.90 Å². The molecule has 0 aliphatic heterocycles. The molecule has 4 nitrogen and oxygen atoms in total. The average Bonchev–Trinajstić information content (AvgIpc) is 3.20. The summed E-state index contributed by atoms with van der Waals surface area (Å²) in [6.45, 7) is 0.105. The van der Waals surface area contributed by atoms with Crippen molar-refractivity contribution in [2.24, 2.45) is 0 Å². The fourth-order valence-electron chi connectivity index (χ4n) is 2.45. The highest BCUT2D eigenvalue weighted by atomic mass is 32.1. The molecule has 1 amide bonds. The van der Waals surface area contributed by atoms with Crippen LogP contribution in [0.4, 0.5) is 0 Å². The summed E-state index contributed by atoms with van der Waals surface area (Å²) in [5, 5.41) is 23.9. The van der Waals surface area contributed by atoms with E-state index in [1.807, 2.05) is 47.8 Å². The van der Waals surface area contributed by atoms with Gasteiger partial charge in [0.25, 0.3) is 5.91 Å². The van der Waals surface area contributed by atoms with Gasteiger partial charge in [-0.15, -0.1) is 11.3 Å². The lowest BCUT2D eigenvalue weighted by atomic mass is 10.1. The van der Waals surface area contributed by atoms with Gasteiger partial charge in [-0.25, -0.2) is 0 Å². The summed E-state index contributed by atoms with van der Waals surface area (Å²) in [7, 11) is 0. The zero-order valence-electron chi connectivity index (χ0n) is 13.3. The highest BCUT2D eigenvalue weighted by Gasteiger charge is 2.11. The van der Waals surface area contributed by atoms with Crippen molar-refractivity contribution in [2.45, 2.75) is 6.10 Å². The predicted molar refractivity (Wildman–Crippen MR) is 98.2 cm³/mol. The van der Waals surface area contributed by atoms with Gasteiger partial charge in [0.1, 0.15) is 0 Å². The van der Waals surface area contributed by atoms with Crippen LogP contribution in [0.1, 0.15) is 27.6 Å². The maximum Gasteiger partial charge on any atom is 0.251 e. The number of carbonyl (C=O) groups is 1. The highest BCUT2D eigenvalue weighted by Crippen LogP contribution is 2.25. The minimum atomic E-state index is -0.791. The monoisotopic (exact) mass is 348 g/mol. The van der Waals surface area contributed by atoms with Crippen molar-refractivity contribution in [1.29, 1.82) is 5.26 Å². The summed E-state index contributed by atoms with van der Waals surface area (Å²) in [6, 6.07) is 20.2. The Morgan fingerprint density at radius 1 is 1.16 bits per heavy atom. The summed E-state index contributed by atoms with van der Waals surface area (Å²) >= 11 is 1.66. The predicted octanol–water partition coefficient (Wildman–Crippen LogP) is 3.75. The van der Waals surface area contributed by atoms with Crippen LogP contribution in [-0.2, 0) is 0 Å². The van der Waals surface area contributed by atoms with Crippen molar-refractivity contribution in [3.05, 3.63) is 82.7 Å². The number of nitrogens with zero attached hydrogens (tertiary/aromatic N) is 1. The summed E-state index contributed by atoms with van der Waals surface area (Å²) in [5.74, 6) is -0.314. The van der Waals surface area contributed by atoms with E-state index in [0.29, 0.717) is 11.1 Å². The van der Waals surface area contributed by atoms with Crippen LogP contribution in [-0.4, -0.2) is 17.6 Å². The van der Waals surface area contributed by atoms with E-state index in [-0.39, 0.29) is 12.5 Å². The number of nitriles is 1. The third-order valence-corrected chi connectivity index (χ3v) is 4.73. The number of hydrogen-bond acceptors (Lipinski definition) is 4. The van der Waals surface area contributed by atoms with E-state index in [1.54, 1.807) is 29.5 Å². The van der Waals surface area contributed by atoms with Gasteiger partial charge in [-0.05, 0) is 40.8 Å². The fourth-order valence-corrected chi connectivity index (χ4v) is 3.18. The number of hydrogen-bond donors (Lipinski definition) is 2. The summed E-state index contributed by atoms with van der Waals surface area (Å²) in [4.78, 5) is 13.3. The Morgan fingerprint density at radius 3 is 2.64 bits per heavy atom. The van der Waals surface area contributed by atoms with Crippen molar-refractivity contribution in [1.82, 2.24) is 5.32 Å². The molecule has 0 spiro atoms. The van der Waals surface area contributed by atoms with Gasteiger partial charge in [0.05, 0.1) is 17.7 Å². The first-order valence-electron chi connectivity index (χ1n) is 7.77. The molecular weight excluding hydrogens is 332 g/mol. The lowest BCUT2D eigenvalue weighted by Gasteiger charge is -2.13. The van der Waals surface area contributed by atoms with Crippen molar-refractivity contribution in [3.8, 4) is 16.5 Å². The van der Waals surface area contributed by atoms with E-state index < -0.39 is 6.10 Å². The van der Waals surface area contributed by atoms with E-state index in [0.717, 1.165) is 11.1 Å². The molecule has 0 radical (unpaired) electrons. The van der Waals surface area contributed by atoms with Gasteiger partial charge in [-0.1, -0.05) is 36.4 Å². The first-order valence-corrected chi connectivity index (χ1v) is 8.65. The van der Waals surface area contributed by atoms with Crippen molar-refractivity contribution in [2.75, 3.05) is 6.54 Å². The third-order valence-electron chi connectivity index (χ3n) is 3.81. The van der Waals surface area contributed by atoms with Gasteiger partial charge >= 0.3 is 0 Å². The lowest BCUT2D eigenvalue weighted by molar-refractivity contribution is 0.0916. The Bertz CT molecular complexity index is 896. The highest BCUT2D eigenvalue weighted by molar-refractivity contribution is 7.13. The number of amides is 1. The Labute approximate surface area is 150 Å². The Balaban J connectivity index is 1.61. The van der Waals surface area contributed by atoms with Crippen LogP contribution >= 0.6 is 11.3 Å².